The fraction of sp³-hybridized carbons (Fsp3) is 0.286. The van der Waals surface area contributed by atoms with Gasteiger partial charge in [0.1, 0.15) is 0 Å². The van der Waals surface area contributed by atoms with Crippen LogP contribution in [0.3, 0.4) is 0 Å². The van der Waals surface area contributed by atoms with Crippen LogP contribution in [0.5, 0.6) is 0 Å². The third-order valence-electron chi connectivity index (χ3n) is 2.92. The van der Waals surface area contributed by atoms with Gasteiger partial charge in [-0.25, -0.2) is 12.7 Å². The molecule has 5 heteroatoms. The predicted octanol–water partition coefficient (Wildman–Crippen LogP) is 2.00. The monoisotopic (exact) mass is 278 g/mol. The lowest BCUT2D eigenvalue weighted by atomic mass is 10.2. The molecule has 1 aromatic rings. The van der Waals surface area contributed by atoms with Gasteiger partial charge < -0.3 is 5.32 Å². The first-order valence-electron chi connectivity index (χ1n) is 6.24. The maximum Gasteiger partial charge on any atom is 0.267 e. The van der Waals surface area contributed by atoms with E-state index in [4.69, 9.17) is 0 Å². The molecule has 0 aliphatic carbocycles. The largest absolute Gasteiger partial charge is 0.307 e. The second-order valence-electron chi connectivity index (χ2n) is 4.41. The molecule has 0 unspecified atom stereocenters. The van der Waals surface area contributed by atoms with E-state index < -0.39 is 10.0 Å². The van der Waals surface area contributed by atoms with Gasteiger partial charge in [0, 0.05) is 18.4 Å². The summed E-state index contributed by atoms with van der Waals surface area (Å²) in [4.78, 5) is 0.300. The summed E-state index contributed by atoms with van der Waals surface area (Å²) in [5.74, 6) is 0. The number of benzene rings is 1. The summed E-state index contributed by atoms with van der Waals surface area (Å²) in [6, 6.07) is 6.94. The number of hydrogen-bond donors (Lipinski definition) is 1. The maximum atomic E-state index is 12.4. The molecule has 2 rings (SSSR count). The van der Waals surface area contributed by atoms with Crippen LogP contribution in [0, 0.1) is 6.92 Å². The van der Waals surface area contributed by atoms with Crippen molar-refractivity contribution in [2.24, 2.45) is 0 Å². The summed E-state index contributed by atoms with van der Waals surface area (Å²) in [6.07, 6.45) is 6.83. The lowest BCUT2D eigenvalue weighted by molar-refractivity contribution is 0.546. The van der Waals surface area contributed by atoms with Gasteiger partial charge >= 0.3 is 0 Å². The number of sulfonamides is 1. The van der Waals surface area contributed by atoms with Crippen molar-refractivity contribution in [3.8, 4) is 0 Å². The Bertz CT molecular complexity index is 574. The highest BCUT2D eigenvalue weighted by molar-refractivity contribution is 7.89. The third kappa shape index (κ3) is 3.05. The van der Waals surface area contributed by atoms with Gasteiger partial charge in [0.2, 0.25) is 0 Å². The quantitative estimate of drug-likeness (QED) is 0.916. The zero-order chi connectivity index (χ0) is 13.9. The fourth-order valence-corrected chi connectivity index (χ4v) is 3.02. The molecule has 0 saturated carbocycles. The van der Waals surface area contributed by atoms with Crippen LogP contribution in [0.4, 0.5) is 0 Å². The maximum absolute atomic E-state index is 12.4. The summed E-state index contributed by atoms with van der Waals surface area (Å²) in [6.45, 7) is 4.78. The van der Waals surface area contributed by atoms with E-state index in [0.717, 1.165) is 12.1 Å². The molecule has 0 atom stereocenters. The van der Waals surface area contributed by atoms with Gasteiger partial charge in [-0.1, -0.05) is 24.6 Å². The van der Waals surface area contributed by atoms with Gasteiger partial charge in [0.05, 0.1) is 4.90 Å². The number of likely N-dealkylation sites (N-methyl/N-ethyl adjacent to an activating group) is 1. The number of nitrogens with zero attached hydrogens (tertiary/aromatic N) is 1. The van der Waals surface area contributed by atoms with Gasteiger partial charge in [-0.15, -0.1) is 0 Å². The van der Waals surface area contributed by atoms with Crippen LogP contribution in [0.25, 0.3) is 0 Å². The van der Waals surface area contributed by atoms with Crippen LogP contribution in [-0.2, 0) is 10.0 Å². The average Bonchev–Trinajstić information content (AvgIpc) is 2.40. The number of rotatable bonds is 4. The minimum absolute atomic E-state index is 0.0921. The van der Waals surface area contributed by atoms with Gasteiger partial charge in [-0.3, -0.25) is 0 Å². The number of aryl methyl sites for hydroxylation is 1. The van der Waals surface area contributed by atoms with Crippen molar-refractivity contribution in [3.05, 3.63) is 54.4 Å². The Labute approximate surface area is 114 Å². The van der Waals surface area contributed by atoms with E-state index in [1.807, 2.05) is 26.0 Å². The zero-order valence-corrected chi connectivity index (χ0v) is 11.9. The minimum Gasteiger partial charge on any atom is -0.307 e. The first-order valence-corrected chi connectivity index (χ1v) is 7.68. The van der Waals surface area contributed by atoms with Gasteiger partial charge in [0.15, 0.2) is 0 Å². The van der Waals surface area contributed by atoms with Crippen molar-refractivity contribution in [1.29, 1.82) is 0 Å². The molecule has 1 aromatic carbocycles. The standard InChI is InChI=1S/C14H18N2O2S/c1-3-15-13-8-10-16(11-9-13)19(17,18)14-6-4-12(2)5-7-14/h4-11,13,15H,3H2,1-2H3. The smallest absolute Gasteiger partial charge is 0.267 e. The normalized spacial score (nSPS) is 16.0. The second-order valence-corrected chi connectivity index (χ2v) is 6.26. The molecule has 1 aliphatic rings. The van der Waals surface area contributed by atoms with Crippen LogP contribution >= 0.6 is 0 Å². The van der Waals surface area contributed by atoms with Crippen molar-refractivity contribution >= 4 is 10.0 Å². The lowest BCUT2D eigenvalue weighted by Gasteiger charge is -2.22. The van der Waals surface area contributed by atoms with Crippen molar-refractivity contribution in [1.82, 2.24) is 9.62 Å². The van der Waals surface area contributed by atoms with E-state index in [0.29, 0.717) is 4.90 Å². The van der Waals surface area contributed by atoms with Crippen molar-refractivity contribution in [3.63, 3.8) is 0 Å². The summed E-state index contributed by atoms with van der Waals surface area (Å²) in [5, 5.41) is 3.21. The highest BCUT2D eigenvalue weighted by Crippen LogP contribution is 2.19. The highest BCUT2D eigenvalue weighted by atomic mass is 32.2. The molecule has 0 saturated heterocycles. The Morgan fingerprint density at radius 3 is 2.26 bits per heavy atom. The molecule has 0 radical (unpaired) electrons. The molecule has 0 amide bonds. The van der Waals surface area contributed by atoms with Crippen LogP contribution in [0.1, 0.15) is 12.5 Å². The zero-order valence-electron chi connectivity index (χ0n) is 11.1. The van der Waals surface area contributed by atoms with E-state index >= 15 is 0 Å². The van der Waals surface area contributed by atoms with Gasteiger partial charge in [-0.2, -0.15) is 0 Å². The molecule has 1 heterocycles. The van der Waals surface area contributed by atoms with Crippen LogP contribution in [-0.4, -0.2) is 25.3 Å². The first kappa shape index (κ1) is 13.8. The highest BCUT2D eigenvalue weighted by Gasteiger charge is 2.21. The molecular formula is C14H18N2O2S. The summed E-state index contributed by atoms with van der Waals surface area (Å²) in [5.41, 5.74) is 1.04. The summed E-state index contributed by atoms with van der Waals surface area (Å²) in [7, 11) is -3.49. The molecule has 102 valence electrons. The molecule has 1 aliphatic heterocycles. The topological polar surface area (TPSA) is 49.4 Å². The van der Waals surface area contributed by atoms with Crippen LogP contribution in [0.15, 0.2) is 53.7 Å². The molecular weight excluding hydrogens is 260 g/mol. The second kappa shape index (κ2) is 5.59. The Morgan fingerprint density at radius 1 is 1.16 bits per heavy atom. The fourth-order valence-electron chi connectivity index (χ4n) is 1.83. The van der Waals surface area contributed by atoms with E-state index in [-0.39, 0.29) is 6.04 Å². The van der Waals surface area contributed by atoms with Gasteiger partial charge in [-0.05, 0) is 37.8 Å². The molecule has 19 heavy (non-hydrogen) atoms. The van der Waals surface area contributed by atoms with Crippen molar-refractivity contribution in [2.75, 3.05) is 6.54 Å². The Hall–Kier alpha value is -1.59. The van der Waals surface area contributed by atoms with Gasteiger partial charge in [0.25, 0.3) is 10.0 Å². The Morgan fingerprint density at radius 2 is 1.74 bits per heavy atom. The lowest BCUT2D eigenvalue weighted by Crippen LogP contribution is -2.30. The molecule has 4 nitrogen and oxygen atoms in total. The predicted molar refractivity (Wildman–Crippen MR) is 75.9 cm³/mol. The molecule has 0 aromatic heterocycles. The molecule has 1 N–H and O–H groups in total. The van der Waals surface area contributed by atoms with Crippen LogP contribution < -0.4 is 5.32 Å². The summed E-state index contributed by atoms with van der Waals surface area (Å²) >= 11 is 0. The minimum atomic E-state index is -3.49. The average molecular weight is 278 g/mol. The molecule has 0 fully saturated rings. The SMILES string of the molecule is CCNC1C=CN(S(=O)(=O)c2ccc(C)cc2)C=C1. The Kier molecular flexibility index (Phi) is 4.07. The first-order chi connectivity index (χ1) is 9.04. The Balaban J connectivity index is 2.21. The number of hydrogen-bond acceptors (Lipinski definition) is 3. The van der Waals surface area contributed by atoms with E-state index in [2.05, 4.69) is 5.32 Å². The summed E-state index contributed by atoms with van der Waals surface area (Å²) < 4.78 is 26.0. The van der Waals surface area contributed by atoms with E-state index in [9.17, 15) is 8.42 Å². The molecule has 0 bridgehead atoms. The molecule has 0 spiro atoms. The third-order valence-corrected chi connectivity index (χ3v) is 4.58. The van der Waals surface area contributed by atoms with Crippen molar-refractivity contribution < 1.29 is 8.42 Å². The number of nitrogens with one attached hydrogen (secondary N) is 1. The van der Waals surface area contributed by atoms with Crippen molar-refractivity contribution in [2.45, 2.75) is 24.8 Å². The van der Waals surface area contributed by atoms with E-state index in [1.54, 1.807) is 36.7 Å². The van der Waals surface area contributed by atoms with E-state index in [1.165, 1.54) is 4.31 Å². The van der Waals surface area contributed by atoms with Crippen LogP contribution in [0.2, 0.25) is 0 Å².